The van der Waals surface area contributed by atoms with Crippen molar-refractivity contribution in [1.82, 2.24) is 0 Å². The molecule has 0 spiro atoms. The van der Waals surface area contributed by atoms with Gasteiger partial charge in [0.25, 0.3) is 0 Å². The Labute approximate surface area is 48.6 Å². The second-order valence-corrected chi connectivity index (χ2v) is 1.65. The highest BCUT2D eigenvalue weighted by molar-refractivity contribution is 5.79. The van der Waals surface area contributed by atoms with Gasteiger partial charge in [-0.3, -0.25) is 4.99 Å². The number of rotatable bonds is 2. The molecule has 0 rings (SSSR count). The molecule has 0 amide bonds. The molecular weight excluding hydrogens is 104 g/mol. The van der Waals surface area contributed by atoms with Crippen LogP contribution in [0.2, 0.25) is 0 Å². The number of carbonyl (C=O) groups excluding carboxylic acids is 1. The van der Waals surface area contributed by atoms with Crippen LogP contribution in [0.1, 0.15) is 13.8 Å². The lowest BCUT2D eigenvalue weighted by Crippen LogP contribution is -2.11. The van der Waals surface area contributed by atoms with E-state index in [4.69, 9.17) is 5.73 Å². The summed E-state index contributed by atoms with van der Waals surface area (Å²) < 4.78 is 0. The Hall–Kier alpha value is -0.860. The van der Waals surface area contributed by atoms with Crippen molar-refractivity contribution in [2.45, 2.75) is 19.9 Å². The third-order valence-electron chi connectivity index (χ3n) is 0.604. The number of aliphatic imine (C=N–C) groups is 1. The molecule has 46 valence electrons. The topological polar surface area (TPSA) is 55.4 Å². The van der Waals surface area contributed by atoms with Gasteiger partial charge in [0.1, 0.15) is 12.3 Å². The van der Waals surface area contributed by atoms with Crippen molar-refractivity contribution in [1.29, 1.82) is 0 Å². The van der Waals surface area contributed by atoms with E-state index in [1.165, 1.54) is 0 Å². The minimum absolute atomic E-state index is 0.292. The maximum absolute atomic E-state index is 9.88. The average molecular weight is 114 g/mol. The van der Waals surface area contributed by atoms with Crippen molar-refractivity contribution in [2.75, 3.05) is 0 Å². The van der Waals surface area contributed by atoms with Gasteiger partial charge in [-0.15, -0.1) is 0 Å². The van der Waals surface area contributed by atoms with E-state index in [0.717, 1.165) is 6.29 Å². The number of nitrogens with zero attached hydrogens (tertiary/aromatic N) is 1. The highest BCUT2D eigenvalue weighted by Crippen LogP contribution is 1.80. The van der Waals surface area contributed by atoms with Gasteiger partial charge in [-0.25, -0.2) is 0 Å². The zero-order valence-electron chi connectivity index (χ0n) is 5.09. The normalized spacial score (nSPS) is 15.5. The Bertz CT molecular complexity index is 105. The molecule has 0 radical (unpaired) electrons. The minimum Gasteiger partial charge on any atom is -0.388 e. The molecule has 0 saturated heterocycles. The van der Waals surface area contributed by atoms with Crippen LogP contribution in [0.3, 0.4) is 0 Å². The van der Waals surface area contributed by atoms with Gasteiger partial charge < -0.3 is 10.5 Å². The Balaban J connectivity index is 3.68. The van der Waals surface area contributed by atoms with Gasteiger partial charge in [0, 0.05) is 0 Å². The fraction of sp³-hybridized carbons (Fsp3) is 0.600. The number of amidine groups is 1. The van der Waals surface area contributed by atoms with Crippen LogP contribution in [0.5, 0.6) is 0 Å². The van der Waals surface area contributed by atoms with E-state index in [1.807, 2.05) is 0 Å². The Morgan fingerprint density at radius 1 is 1.88 bits per heavy atom. The van der Waals surface area contributed by atoms with Crippen LogP contribution in [-0.4, -0.2) is 18.2 Å². The van der Waals surface area contributed by atoms with E-state index in [-0.39, 0.29) is 6.04 Å². The molecule has 0 unspecified atom stereocenters. The fourth-order valence-corrected chi connectivity index (χ4v) is 0.352. The quantitative estimate of drug-likeness (QED) is 0.311. The molecule has 0 aliphatic carbocycles. The monoisotopic (exact) mass is 114 g/mol. The first-order valence-corrected chi connectivity index (χ1v) is 2.42. The van der Waals surface area contributed by atoms with Crippen LogP contribution < -0.4 is 5.73 Å². The van der Waals surface area contributed by atoms with Crippen molar-refractivity contribution in [3.63, 3.8) is 0 Å². The largest absolute Gasteiger partial charge is 0.388 e. The van der Waals surface area contributed by atoms with Gasteiger partial charge in [0.05, 0.1) is 5.84 Å². The molecule has 2 N–H and O–H groups in total. The molecule has 0 fully saturated rings. The summed E-state index contributed by atoms with van der Waals surface area (Å²) in [5.41, 5.74) is 5.16. The molecule has 0 heterocycles. The molecule has 0 aromatic rings. The van der Waals surface area contributed by atoms with Crippen molar-refractivity contribution in [3.8, 4) is 0 Å². The zero-order chi connectivity index (χ0) is 6.57. The van der Waals surface area contributed by atoms with E-state index in [0.29, 0.717) is 5.84 Å². The Morgan fingerprint density at radius 2 is 2.38 bits per heavy atom. The molecule has 0 aromatic carbocycles. The second-order valence-electron chi connectivity index (χ2n) is 1.65. The Kier molecular flexibility index (Phi) is 2.84. The van der Waals surface area contributed by atoms with Gasteiger partial charge in [-0.05, 0) is 13.8 Å². The van der Waals surface area contributed by atoms with E-state index in [9.17, 15) is 4.79 Å². The van der Waals surface area contributed by atoms with Crippen molar-refractivity contribution in [3.05, 3.63) is 0 Å². The van der Waals surface area contributed by atoms with Gasteiger partial charge in [-0.2, -0.15) is 0 Å². The van der Waals surface area contributed by atoms with E-state index >= 15 is 0 Å². The fourth-order valence-electron chi connectivity index (χ4n) is 0.352. The summed E-state index contributed by atoms with van der Waals surface area (Å²) in [6.45, 7) is 3.34. The van der Waals surface area contributed by atoms with Crippen molar-refractivity contribution in [2.24, 2.45) is 10.7 Å². The van der Waals surface area contributed by atoms with Crippen LogP contribution in [0.4, 0.5) is 0 Å². The number of hydrogen-bond acceptors (Lipinski definition) is 2. The smallest absolute Gasteiger partial charge is 0.144 e. The highest BCUT2D eigenvalue weighted by Gasteiger charge is 1.91. The summed E-state index contributed by atoms with van der Waals surface area (Å²) in [6, 6.07) is -0.292. The van der Waals surface area contributed by atoms with Crippen LogP contribution >= 0.6 is 0 Å². The molecular formula is C5H10N2O. The van der Waals surface area contributed by atoms with Crippen molar-refractivity contribution >= 4 is 12.1 Å². The summed E-state index contributed by atoms with van der Waals surface area (Å²) in [5, 5.41) is 0. The molecule has 0 bridgehead atoms. The van der Waals surface area contributed by atoms with Gasteiger partial charge in [0.15, 0.2) is 0 Å². The third-order valence-corrected chi connectivity index (χ3v) is 0.604. The number of carbonyl (C=O) groups is 1. The average Bonchev–Trinajstić information content (AvgIpc) is 1.65. The van der Waals surface area contributed by atoms with Gasteiger partial charge >= 0.3 is 0 Å². The summed E-state index contributed by atoms with van der Waals surface area (Å²) in [5.74, 6) is 0.449. The number of aldehydes is 1. The van der Waals surface area contributed by atoms with Crippen LogP contribution in [0.25, 0.3) is 0 Å². The first-order valence-electron chi connectivity index (χ1n) is 2.42. The maximum Gasteiger partial charge on any atom is 0.144 e. The lowest BCUT2D eigenvalue weighted by Gasteiger charge is -1.92. The lowest BCUT2D eigenvalue weighted by molar-refractivity contribution is -0.108. The number of hydrogen-bond donors (Lipinski definition) is 1. The van der Waals surface area contributed by atoms with Gasteiger partial charge in [0.2, 0.25) is 0 Å². The molecule has 0 saturated carbocycles. The van der Waals surface area contributed by atoms with Crippen molar-refractivity contribution < 1.29 is 4.79 Å². The third kappa shape index (κ3) is 3.33. The highest BCUT2D eigenvalue weighted by atomic mass is 16.1. The van der Waals surface area contributed by atoms with E-state index in [2.05, 4.69) is 4.99 Å². The summed E-state index contributed by atoms with van der Waals surface area (Å²) >= 11 is 0. The van der Waals surface area contributed by atoms with E-state index < -0.39 is 0 Å². The summed E-state index contributed by atoms with van der Waals surface area (Å²) in [7, 11) is 0. The molecule has 3 nitrogen and oxygen atoms in total. The van der Waals surface area contributed by atoms with Crippen LogP contribution in [-0.2, 0) is 4.79 Å². The second kappa shape index (κ2) is 3.18. The minimum atomic E-state index is -0.292. The molecule has 3 heteroatoms. The first kappa shape index (κ1) is 7.14. The number of nitrogens with two attached hydrogens (primary N) is 1. The zero-order valence-corrected chi connectivity index (χ0v) is 5.09. The predicted molar refractivity (Wildman–Crippen MR) is 32.8 cm³/mol. The maximum atomic E-state index is 9.88. The SMILES string of the molecule is CC(N)=N[C@@H](C)C=O. The molecule has 0 aromatic heterocycles. The molecule has 0 aliphatic rings. The summed E-state index contributed by atoms with van der Waals surface area (Å²) in [6.07, 6.45) is 0.746. The molecule has 8 heavy (non-hydrogen) atoms. The Morgan fingerprint density at radius 3 is 2.50 bits per heavy atom. The standard InChI is InChI=1S/C5H10N2O/c1-4(3-8)7-5(2)6/h3-4H,1-2H3,(H2,6,7)/t4-/m0/s1. The van der Waals surface area contributed by atoms with Gasteiger partial charge in [-0.1, -0.05) is 0 Å². The summed E-state index contributed by atoms with van der Waals surface area (Å²) in [4.78, 5) is 13.6. The first-order chi connectivity index (χ1) is 3.66. The molecule has 1 atom stereocenters. The van der Waals surface area contributed by atoms with E-state index in [1.54, 1.807) is 13.8 Å². The molecule has 0 aliphatic heterocycles. The predicted octanol–water partition coefficient (Wildman–Crippen LogP) is -0.0491. The van der Waals surface area contributed by atoms with Crippen LogP contribution in [0, 0.1) is 0 Å². The lowest BCUT2D eigenvalue weighted by atomic mass is 10.4. The van der Waals surface area contributed by atoms with Crippen LogP contribution in [0.15, 0.2) is 4.99 Å².